The van der Waals surface area contributed by atoms with E-state index in [2.05, 4.69) is 52.7 Å². The molecule has 1 N–H and O–H groups in total. The van der Waals surface area contributed by atoms with Crippen molar-refractivity contribution in [1.29, 1.82) is 0 Å². The molecule has 2 aromatic heterocycles. The highest BCUT2D eigenvalue weighted by atomic mass is 35.5. The van der Waals surface area contributed by atoms with Crippen molar-refractivity contribution in [3.05, 3.63) is 76.3 Å². The number of pyridine rings is 1. The van der Waals surface area contributed by atoms with Crippen LogP contribution in [0.3, 0.4) is 0 Å². The van der Waals surface area contributed by atoms with Gasteiger partial charge in [0.05, 0.1) is 30.6 Å². The molecule has 1 saturated heterocycles. The maximum absolute atomic E-state index is 6.35. The average Bonchev–Trinajstić information content (AvgIpc) is 3.27. The van der Waals surface area contributed by atoms with Crippen LogP contribution in [0.25, 0.3) is 5.69 Å². The van der Waals surface area contributed by atoms with Crippen LogP contribution in [0.5, 0.6) is 5.75 Å². The Hall–Kier alpha value is -2.57. The summed E-state index contributed by atoms with van der Waals surface area (Å²) in [5.41, 5.74) is 5.41. The Balaban J connectivity index is 1.85. The molecule has 2 atom stereocenters. The summed E-state index contributed by atoms with van der Waals surface area (Å²) in [7, 11) is 1.69. The number of hydrogen-bond donors (Lipinski definition) is 1. The lowest BCUT2D eigenvalue weighted by Gasteiger charge is -2.28. The van der Waals surface area contributed by atoms with Gasteiger partial charge < -0.3 is 19.5 Å². The molecule has 2 unspecified atom stereocenters. The van der Waals surface area contributed by atoms with E-state index in [1.54, 1.807) is 7.11 Å². The van der Waals surface area contributed by atoms with Crippen LogP contribution in [0, 0.1) is 13.8 Å². The fourth-order valence-electron chi connectivity index (χ4n) is 4.61. The minimum absolute atomic E-state index is 0.0178. The van der Waals surface area contributed by atoms with E-state index in [1.165, 1.54) is 5.56 Å². The Morgan fingerprint density at radius 1 is 1.19 bits per heavy atom. The Morgan fingerprint density at radius 3 is 2.69 bits per heavy atom. The molecule has 4 rings (SSSR count). The van der Waals surface area contributed by atoms with E-state index < -0.39 is 0 Å². The van der Waals surface area contributed by atoms with Crippen molar-refractivity contribution in [1.82, 2.24) is 19.8 Å². The summed E-state index contributed by atoms with van der Waals surface area (Å²) < 4.78 is 7.87. The fraction of sp³-hybridized carbons (Fsp3) is 0.360. The average molecular weight is 469 g/mol. The predicted octanol–water partition coefficient (Wildman–Crippen LogP) is 5.92. The number of halogens is 1. The first-order valence-electron chi connectivity index (χ1n) is 11.0. The zero-order valence-electron chi connectivity index (χ0n) is 18.9. The highest BCUT2D eigenvalue weighted by Crippen LogP contribution is 2.42. The number of rotatable bonds is 7. The monoisotopic (exact) mass is 468 g/mol. The molecule has 5 nitrogen and oxygen atoms in total. The Kier molecular flexibility index (Phi) is 6.72. The lowest BCUT2D eigenvalue weighted by Crippen LogP contribution is -2.30. The molecule has 0 radical (unpaired) electrons. The van der Waals surface area contributed by atoms with Crippen LogP contribution in [0.15, 0.2) is 48.7 Å². The standard InChI is InChI=1S/C25H29ClN4OS/c1-5-6-13-29-24(23(28-25(29)32)20-9-7-8-12-27-20)19-14-16(2)30(17(19)3)21-15-18(26)10-11-22(21)31-4/h7-12,14-15,23-24H,5-6,13H2,1-4H3,(H,28,32). The molecule has 1 aliphatic heterocycles. The lowest BCUT2D eigenvalue weighted by atomic mass is 9.96. The van der Waals surface area contributed by atoms with Gasteiger partial charge in [-0.15, -0.1) is 0 Å². The van der Waals surface area contributed by atoms with Crippen LogP contribution in [0.4, 0.5) is 0 Å². The Labute approximate surface area is 200 Å². The smallest absolute Gasteiger partial charge is 0.170 e. The molecule has 1 aliphatic rings. The first-order chi connectivity index (χ1) is 15.5. The van der Waals surface area contributed by atoms with E-state index in [-0.39, 0.29) is 12.1 Å². The molecule has 0 aliphatic carbocycles. The van der Waals surface area contributed by atoms with Crippen molar-refractivity contribution in [3.63, 3.8) is 0 Å². The molecular formula is C25H29ClN4OS. The molecule has 7 heteroatoms. The minimum atomic E-state index is -0.0178. The summed E-state index contributed by atoms with van der Waals surface area (Å²) in [6.07, 6.45) is 4.03. The minimum Gasteiger partial charge on any atom is -0.495 e. The maximum Gasteiger partial charge on any atom is 0.170 e. The third-order valence-corrected chi connectivity index (χ3v) is 6.71. The van der Waals surface area contributed by atoms with E-state index in [4.69, 9.17) is 28.6 Å². The van der Waals surface area contributed by atoms with Crippen molar-refractivity contribution in [2.75, 3.05) is 13.7 Å². The van der Waals surface area contributed by atoms with Crippen LogP contribution >= 0.6 is 23.8 Å². The summed E-state index contributed by atoms with van der Waals surface area (Å²) in [6, 6.07) is 14.0. The second kappa shape index (κ2) is 9.51. The summed E-state index contributed by atoms with van der Waals surface area (Å²) in [5.74, 6) is 0.784. The molecule has 0 bridgehead atoms. The largest absolute Gasteiger partial charge is 0.495 e. The zero-order valence-corrected chi connectivity index (χ0v) is 20.5. The maximum atomic E-state index is 6.35. The highest BCUT2D eigenvalue weighted by molar-refractivity contribution is 7.80. The zero-order chi connectivity index (χ0) is 22.8. The van der Waals surface area contributed by atoms with Crippen LogP contribution < -0.4 is 10.1 Å². The second-order valence-electron chi connectivity index (χ2n) is 8.15. The van der Waals surface area contributed by atoms with Crippen molar-refractivity contribution in [3.8, 4) is 11.4 Å². The van der Waals surface area contributed by atoms with Gasteiger partial charge in [0.1, 0.15) is 5.75 Å². The molecule has 3 aromatic rings. The van der Waals surface area contributed by atoms with E-state index in [0.29, 0.717) is 5.02 Å². The number of hydrogen-bond acceptors (Lipinski definition) is 3. The number of methoxy groups -OCH3 is 1. The topological polar surface area (TPSA) is 42.3 Å². The number of aromatic nitrogens is 2. The van der Waals surface area contributed by atoms with Gasteiger partial charge in [-0.05, 0) is 74.4 Å². The van der Waals surface area contributed by atoms with Crippen LogP contribution in [0.2, 0.25) is 5.02 Å². The second-order valence-corrected chi connectivity index (χ2v) is 8.97. The van der Waals surface area contributed by atoms with Gasteiger partial charge in [-0.25, -0.2) is 0 Å². The molecule has 3 heterocycles. The first-order valence-corrected chi connectivity index (χ1v) is 11.8. The summed E-state index contributed by atoms with van der Waals surface area (Å²) in [5, 5.41) is 5.00. The summed E-state index contributed by atoms with van der Waals surface area (Å²) in [6.45, 7) is 7.37. The van der Waals surface area contributed by atoms with Crippen molar-refractivity contribution in [2.45, 2.75) is 45.7 Å². The molecule has 32 heavy (non-hydrogen) atoms. The van der Waals surface area contributed by atoms with E-state index in [9.17, 15) is 0 Å². The van der Waals surface area contributed by atoms with Gasteiger partial charge in [0.2, 0.25) is 0 Å². The Bertz CT molecular complexity index is 1110. The number of ether oxygens (including phenoxy) is 1. The third kappa shape index (κ3) is 4.09. The number of nitrogens with one attached hydrogen (secondary N) is 1. The van der Waals surface area contributed by atoms with Gasteiger partial charge >= 0.3 is 0 Å². The van der Waals surface area contributed by atoms with E-state index in [0.717, 1.165) is 53.0 Å². The molecule has 1 fully saturated rings. The first kappa shape index (κ1) is 22.6. The van der Waals surface area contributed by atoms with Crippen molar-refractivity contribution in [2.24, 2.45) is 0 Å². The van der Waals surface area contributed by atoms with Gasteiger partial charge in [0.25, 0.3) is 0 Å². The third-order valence-electron chi connectivity index (χ3n) is 6.12. The SMILES string of the molecule is CCCCN1C(=S)NC(c2ccccn2)C1c1cc(C)n(-c2cc(Cl)ccc2OC)c1C. The normalized spacial score (nSPS) is 18.2. The van der Waals surface area contributed by atoms with Gasteiger partial charge in [-0.2, -0.15) is 0 Å². The van der Waals surface area contributed by atoms with E-state index in [1.807, 2.05) is 36.5 Å². The molecular weight excluding hydrogens is 440 g/mol. The molecule has 0 saturated carbocycles. The molecule has 0 spiro atoms. The lowest BCUT2D eigenvalue weighted by molar-refractivity contribution is 0.312. The predicted molar refractivity (Wildman–Crippen MR) is 134 cm³/mol. The van der Waals surface area contributed by atoms with Gasteiger partial charge in [-0.3, -0.25) is 4.98 Å². The van der Waals surface area contributed by atoms with Crippen molar-refractivity contribution < 1.29 is 4.74 Å². The molecule has 168 valence electrons. The van der Waals surface area contributed by atoms with Crippen LogP contribution in [-0.4, -0.2) is 33.2 Å². The van der Waals surface area contributed by atoms with Crippen LogP contribution in [-0.2, 0) is 0 Å². The van der Waals surface area contributed by atoms with E-state index >= 15 is 0 Å². The summed E-state index contributed by atoms with van der Waals surface area (Å²) in [4.78, 5) is 6.97. The number of aryl methyl sites for hydroxylation is 1. The quantitative estimate of drug-likeness (QED) is 0.435. The van der Waals surface area contributed by atoms with Crippen molar-refractivity contribution >= 4 is 28.9 Å². The number of unbranched alkanes of at least 4 members (excludes halogenated alkanes) is 1. The number of nitrogens with zero attached hydrogens (tertiary/aromatic N) is 3. The van der Waals surface area contributed by atoms with Gasteiger partial charge in [0, 0.05) is 29.2 Å². The van der Waals surface area contributed by atoms with Crippen LogP contribution in [0.1, 0.15) is 54.5 Å². The number of benzene rings is 1. The Morgan fingerprint density at radius 2 is 2.00 bits per heavy atom. The number of thiocarbonyl (C=S) groups is 1. The molecule has 1 aromatic carbocycles. The van der Waals surface area contributed by atoms with Gasteiger partial charge in [0.15, 0.2) is 5.11 Å². The highest BCUT2D eigenvalue weighted by Gasteiger charge is 2.41. The molecule has 0 amide bonds. The van der Waals surface area contributed by atoms with Gasteiger partial charge in [-0.1, -0.05) is 31.0 Å². The summed E-state index contributed by atoms with van der Waals surface area (Å²) >= 11 is 12.1. The fourth-order valence-corrected chi connectivity index (χ4v) is 5.11.